The Kier molecular flexibility index (Phi) is 6.44. The molecule has 0 spiro atoms. The van der Waals surface area contributed by atoms with Gasteiger partial charge in [0.1, 0.15) is 0 Å². The molecule has 2 unspecified atom stereocenters. The van der Waals surface area contributed by atoms with Gasteiger partial charge in [0.25, 0.3) is 0 Å². The molecule has 76 valence electrons. The van der Waals surface area contributed by atoms with Crippen LogP contribution in [-0.2, 0) is 15.6 Å². The van der Waals surface area contributed by atoms with Crippen LogP contribution >= 0.6 is 0 Å². The van der Waals surface area contributed by atoms with Gasteiger partial charge in [-0.25, -0.2) is 4.79 Å². The van der Waals surface area contributed by atoms with E-state index in [1.165, 1.54) is 6.08 Å². The molecule has 0 bridgehead atoms. The number of nitrogens with one attached hydrogen (secondary N) is 1. The van der Waals surface area contributed by atoms with Crippen LogP contribution in [0, 0.1) is 0 Å². The monoisotopic (exact) mass is 205 g/mol. The summed E-state index contributed by atoms with van der Waals surface area (Å²) in [5.74, 6) is -0.950. The molecule has 0 rings (SSSR count). The van der Waals surface area contributed by atoms with Crippen molar-refractivity contribution in [1.82, 2.24) is 5.32 Å². The van der Waals surface area contributed by atoms with Crippen LogP contribution in [-0.4, -0.2) is 39.9 Å². The standard InChI is InChI=1S/C8H15NO3S/c1-7(13(2)12)6-9-5-3-4-8(10)11/h3-4,7,9H,5-6H2,1-2H3,(H,10,11)/b4-3+. The van der Waals surface area contributed by atoms with E-state index in [4.69, 9.17) is 5.11 Å². The summed E-state index contributed by atoms with van der Waals surface area (Å²) < 4.78 is 10.9. The van der Waals surface area contributed by atoms with E-state index in [1.54, 1.807) is 6.26 Å². The zero-order chi connectivity index (χ0) is 10.3. The molecule has 0 aromatic heterocycles. The summed E-state index contributed by atoms with van der Waals surface area (Å²) in [5, 5.41) is 11.3. The molecule has 0 amide bonds. The van der Waals surface area contributed by atoms with Crippen molar-refractivity contribution in [3.63, 3.8) is 0 Å². The summed E-state index contributed by atoms with van der Waals surface area (Å²) in [4.78, 5) is 10.0. The second-order valence-corrected chi connectivity index (χ2v) is 4.51. The number of carbonyl (C=O) groups is 1. The Labute approximate surface area is 80.5 Å². The first-order valence-corrected chi connectivity index (χ1v) is 5.58. The van der Waals surface area contributed by atoms with Crippen LogP contribution in [0.3, 0.4) is 0 Å². The van der Waals surface area contributed by atoms with E-state index < -0.39 is 16.8 Å². The molecular formula is C8H15NO3S. The average molecular weight is 205 g/mol. The van der Waals surface area contributed by atoms with E-state index in [-0.39, 0.29) is 5.25 Å². The van der Waals surface area contributed by atoms with Gasteiger partial charge in [0.15, 0.2) is 0 Å². The van der Waals surface area contributed by atoms with Gasteiger partial charge in [-0.15, -0.1) is 0 Å². The lowest BCUT2D eigenvalue weighted by molar-refractivity contribution is -0.131. The smallest absolute Gasteiger partial charge is 0.328 e. The van der Waals surface area contributed by atoms with Crippen LogP contribution in [0.15, 0.2) is 12.2 Å². The molecule has 4 nitrogen and oxygen atoms in total. The second kappa shape index (κ2) is 6.80. The molecule has 0 aliphatic carbocycles. The van der Waals surface area contributed by atoms with Crippen LogP contribution in [0.25, 0.3) is 0 Å². The number of aliphatic carboxylic acids is 1. The third-order valence-electron chi connectivity index (χ3n) is 1.52. The molecule has 0 saturated heterocycles. The van der Waals surface area contributed by atoms with Crippen molar-refractivity contribution in [2.45, 2.75) is 12.2 Å². The minimum absolute atomic E-state index is 0.0956. The van der Waals surface area contributed by atoms with E-state index in [0.717, 1.165) is 6.08 Å². The molecule has 0 radical (unpaired) electrons. The van der Waals surface area contributed by atoms with Crippen molar-refractivity contribution in [2.75, 3.05) is 19.3 Å². The molecule has 13 heavy (non-hydrogen) atoms. The summed E-state index contributed by atoms with van der Waals surface area (Å²) in [6.45, 7) is 3.00. The lowest BCUT2D eigenvalue weighted by Gasteiger charge is -2.07. The molecule has 0 aromatic carbocycles. The normalized spacial score (nSPS) is 15.8. The Morgan fingerprint density at radius 2 is 2.31 bits per heavy atom. The lowest BCUT2D eigenvalue weighted by atomic mass is 10.4. The van der Waals surface area contributed by atoms with Gasteiger partial charge in [-0.2, -0.15) is 0 Å². The fourth-order valence-corrected chi connectivity index (χ4v) is 1.000. The van der Waals surface area contributed by atoms with Crippen LogP contribution in [0.2, 0.25) is 0 Å². The molecule has 5 heteroatoms. The molecule has 0 heterocycles. The molecular weight excluding hydrogens is 190 g/mol. The summed E-state index contributed by atoms with van der Waals surface area (Å²) in [6, 6.07) is 0. The number of carboxylic acids is 1. The first-order chi connectivity index (χ1) is 6.04. The fourth-order valence-electron chi connectivity index (χ4n) is 0.647. The third kappa shape index (κ3) is 7.67. The number of rotatable bonds is 6. The van der Waals surface area contributed by atoms with E-state index in [2.05, 4.69) is 5.32 Å². The Balaban J connectivity index is 3.46. The fraction of sp³-hybridized carbons (Fsp3) is 0.625. The third-order valence-corrected chi connectivity index (χ3v) is 2.82. The van der Waals surface area contributed by atoms with Gasteiger partial charge in [0, 0.05) is 41.5 Å². The molecule has 0 aliphatic heterocycles. The highest BCUT2D eigenvalue weighted by atomic mass is 32.2. The molecule has 0 aliphatic rings. The van der Waals surface area contributed by atoms with Gasteiger partial charge >= 0.3 is 5.97 Å². The Hall–Kier alpha value is -0.680. The quantitative estimate of drug-likeness (QED) is 0.472. The van der Waals surface area contributed by atoms with E-state index in [9.17, 15) is 9.00 Å². The maximum Gasteiger partial charge on any atom is 0.328 e. The largest absolute Gasteiger partial charge is 0.478 e. The number of hydrogen-bond donors (Lipinski definition) is 2. The van der Waals surface area contributed by atoms with Crippen molar-refractivity contribution >= 4 is 16.8 Å². The molecule has 0 aromatic rings. The minimum atomic E-state index is -0.950. The van der Waals surface area contributed by atoms with Crippen LogP contribution < -0.4 is 5.32 Å². The summed E-state index contributed by atoms with van der Waals surface area (Å²) in [5.41, 5.74) is 0. The zero-order valence-corrected chi connectivity index (χ0v) is 8.63. The SMILES string of the molecule is CC(CNC/C=C/C(=O)O)S(C)=O. The maximum atomic E-state index is 10.9. The first-order valence-electron chi connectivity index (χ1n) is 3.96. The molecule has 2 atom stereocenters. The van der Waals surface area contributed by atoms with Gasteiger partial charge in [-0.1, -0.05) is 6.08 Å². The predicted molar refractivity (Wildman–Crippen MR) is 53.2 cm³/mol. The van der Waals surface area contributed by atoms with E-state index >= 15 is 0 Å². The van der Waals surface area contributed by atoms with Crippen molar-refractivity contribution < 1.29 is 14.1 Å². The zero-order valence-electron chi connectivity index (χ0n) is 7.82. The Morgan fingerprint density at radius 1 is 1.69 bits per heavy atom. The van der Waals surface area contributed by atoms with Gasteiger partial charge in [-0.3, -0.25) is 4.21 Å². The Morgan fingerprint density at radius 3 is 2.77 bits per heavy atom. The number of hydrogen-bond acceptors (Lipinski definition) is 3. The van der Waals surface area contributed by atoms with Gasteiger partial charge < -0.3 is 10.4 Å². The van der Waals surface area contributed by atoms with Crippen molar-refractivity contribution in [3.8, 4) is 0 Å². The summed E-state index contributed by atoms with van der Waals surface area (Å²) in [7, 11) is -0.827. The highest BCUT2D eigenvalue weighted by Gasteiger charge is 2.03. The molecule has 0 fully saturated rings. The maximum absolute atomic E-state index is 10.9. The highest BCUT2D eigenvalue weighted by molar-refractivity contribution is 7.84. The van der Waals surface area contributed by atoms with E-state index in [1.807, 2.05) is 6.92 Å². The first kappa shape index (κ1) is 12.3. The van der Waals surface area contributed by atoms with Crippen molar-refractivity contribution in [2.24, 2.45) is 0 Å². The summed E-state index contributed by atoms with van der Waals surface area (Å²) >= 11 is 0. The van der Waals surface area contributed by atoms with Gasteiger partial charge in [-0.05, 0) is 6.92 Å². The summed E-state index contributed by atoms with van der Waals surface area (Å²) in [6.07, 6.45) is 4.26. The Bertz CT molecular complexity index is 215. The lowest BCUT2D eigenvalue weighted by Crippen LogP contribution is -2.27. The second-order valence-electron chi connectivity index (χ2n) is 2.71. The topological polar surface area (TPSA) is 66.4 Å². The van der Waals surface area contributed by atoms with Crippen molar-refractivity contribution in [3.05, 3.63) is 12.2 Å². The minimum Gasteiger partial charge on any atom is -0.478 e. The highest BCUT2D eigenvalue weighted by Crippen LogP contribution is 1.88. The number of carboxylic acid groups (broad SMARTS) is 1. The van der Waals surface area contributed by atoms with Crippen LogP contribution in [0.4, 0.5) is 0 Å². The van der Waals surface area contributed by atoms with Crippen LogP contribution in [0.5, 0.6) is 0 Å². The van der Waals surface area contributed by atoms with E-state index in [0.29, 0.717) is 13.1 Å². The van der Waals surface area contributed by atoms with Gasteiger partial charge in [0.05, 0.1) is 0 Å². The predicted octanol–water partition coefficient (Wildman–Crippen LogP) is -0.0162. The van der Waals surface area contributed by atoms with Crippen LogP contribution in [0.1, 0.15) is 6.92 Å². The molecule has 0 saturated carbocycles. The average Bonchev–Trinajstić information content (AvgIpc) is 2.02. The molecule has 2 N–H and O–H groups in total. The van der Waals surface area contributed by atoms with Crippen molar-refractivity contribution in [1.29, 1.82) is 0 Å². The van der Waals surface area contributed by atoms with Gasteiger partial charge in [0.2, 0.25) is 0 Å².